The second-order valence-corrected chi connectivity index (χ2v) is 10.2. The van der Waals surface area contributed by atoms with E-state index >= 15 is 0 Å². The van der Waals surface area contributed by atoms with Gasteiger partial charge in [0.1, 0.15) is 0 Å². The molecule has 0 aliphatic rings. The molecule has 0 heterocycles. The zero-order valence-corrected chi connectivity index (χ0v) is 19.8. The summed E-state index contributed by atoms with van der Waals surface area (Å²) in [6, 6.07) is 0. The van der Waals surface area contributed by atoms with E-state index in [9.17, 15) is 14.0 Å². The summed E-state index contributed by atoms with van der Waals surface area (Å²) in [5, 5.41) is 0. The minimum atomic E-state index is -5.08. The van der Waals surface area contributed by atoms with Gasteiger partial charge in [-0.3, -0.25) is 4.52 Å². The molecule has 0 bridgehead atoms. The van der Waals surface area contributed by atoms with Gasteiger partial charge in [-0.2, -0.15) is 4.31 Å². The van der Waals surface area contributed by atoms with Gasteiger partial charge in [-0.15, -0.1) is 0 Å². The lowest BCUT2D eigenvalue weighted by molar-refractivity contribution is 0.191. The quantitative estimate of drug-likeness (QED) is 0.196. The van der Waals surface area contributed by atoms with E-state index in [1.807, 2.05) is 6.92 Å². The van der Waals surface area contributed by atoms with Gasteiger partial charge >= 0.3 is 15.6 Å². The highest BCUT2D eigenvalue weighted by Crippen LogP contribution is 2.57. The van der Waals surface area contributed by atoms with Crippen LogP contribution in [0.5, 0.6) is 0 Å². The lowest BCUT2D eigenvalue weighted by Crippen LogP contribution is -1.94. The van der Waals surface area contributed by atoms with Crippen LogP contribution in [0.1, 0.15) is 72.6 Å². The molecule has 0 amide bonds. The third-order valence-electron chi connectivity index (χ3n) is 4.06. The van der Waals surface area contributed by atoms with E-state index < -0.39 is 15.6 Å². The number of phosphoric ester groups is 1. The number of allylic oxidation sites excluding steroid dienone is 6. The highest BCUT2D eigenvalue weighted by molar-refractivity contribution is 7.60. The van der Waals surface area contributed by atoms with Gasteiger partial charge in [-0.25, -0.2) is 9.13 Å². The Balaban J connectivity index is 4.10. The molecule has 0 spiro atoms. The Morgan fingerprint density at radius 2 is 1.45 bits per heavy atom. The van der Waals surface area contributed by atoms with Crippen LogP contribution in [-0.4, -0.2) is 21.3 Å². The van der Waals surface area contributed by atoms with Crippen molar-refractivity contribution in [2.75, 3.05) is 6.61 Å². The molecule has 0 aromatic heterocycles. The Hall–Kier alpha value is -0.780. The van der Waals surface area contributed by atoms with Crippen LogP contribution in [0, 0.1) is 0 Å². The molecule has 0 aliphatic carbocycles. The minimum Gasteiger partial charge on any atom is -0.302 e. The van der Waals surface area contributed by atoms with Crippen LogP contribution in [0.3, 0.4) is 0 Å². The molecule has 9 heteroatoms. The molecule has 0 aromatic carbocycles. The summed E-state index contributed by atoms with van der Waals surface area (Å²) in [7, 11) is -9.86. The largest absolute Gasteiger partial charge is 0.481 e. The SMILES string of the molecule is C=C(CCC=C(C)C)CCC/C(C)=C/CC/C(C)=C/COP(=O)(O)OP(=O)(O)O. The average molecular weight is 450 g/mol. The van der Waals surface area contributed by atoms with Crippen LogP contribution in [0.4, 0.5) is 0 Å². The summed E-state index contributed by atoms with van der Waals surface area (Å²) in [4.78, 5) is 26.2. The number of phosphoric acid groups is 2. The Kier molecular flexibility index (Phi) is 13.9. The van der Waals surface area contributed by atoms with Gasteiger partial charge in [0, 0.05) is 0 Å². The number of rotatable bonds is 15. The highest BCUT2D eigenvalue weighted by atomic mass is 31.3. The first-order valence-electron chi connectivity index (χ1n) is 9.66. The first-order chi connectivity index (χ1) is 13.3. The molecule has 168 valence electrons. The summed E-state index contributed by atoms with van der Waals surface area (Å²) in [6.45, 7) is 12.0. The van der Waals surface area contributed by atoms with Crippen molar-refractivity contribution in [1.29, 1.82) is 0 Å². The first kappa shape index (κ1) is 28.2. The molecule has 29 heavy (non-hydrogen) atoms. The topological polar surface area (TPSA) is 113 Å². The van der Waals surface area contributed by atoms with Crippen LogP contribution in [0.15, 0.2) is 47.1 Å². The molecular weight excluding hydrogens is 414 g/mol. The van der Waals surface area contributed by atoms with Crippen molar-refractivity contribution in [3.63, 3.8) is 0 Å². The van der Waals surface area contributed by atoms with Crippen LogP contribution >= 0.6 is 15.6 Å². The Morgan fingerprint density at radius 3 is 2.03 bits per heavy atom. The van der Waals surface area contributed by atoms with Crippen LogP contribution in [-0.2, 0) is 18.0 Å². The third kappa shape index (κ3) is 19.0. The summed E-state index contributed by atoms with van der Waals surface area (Å²) in [5.74, 6) is 0. The Morgan fingerprint density at radius 1 is 0.862 bits per heavy atom. The molecule has 0 saturated carbocycles. The van der Waals surface area contributed by atoms with E-state index in [2.05, 4.69) is 48.3 Å². The maximum absolute atomic E-state index is 11.3. The van der Waals surface area contributed by atoms with Crippen LogP contribution in [0.2, 0.25) is 0 Å². The number of hydrogen-bond donors (Lipinski definition) is 3. The fraction of sp³-hybridized carbons (Fsp3) is 0.600. The summed E-state index contributed by atoms with van der Waals surface area (Å²) in [6.07, 6.45) is 12.9. The molecular formula is C20H36O7P2. The van der Waals surface area contributed by atoms with Gasteiger partial charge < -0.3 is 14.7 Å². The van der Waals surface area contributed by atoms with Crippen molar-refractivity contribution in [2.24, 2.45) is 0 Å². The van der Waals surface area contributed by atoms with Gasteiger partial charge in [0.2, 0.25) is 0 Å². The van der Waals surface area contributed by atoms with Gasteiger partial charge in [-0.1, -0.05) is 47.1 Å². The predicted octanol–water partition coefficient (Wildman–Crippen LogP) is 6.36. The maximum atomic E-state index is 11.3. The summed E-state index contributed by atoms with van der Waals surface area (Å²) in [5.41, 5.74) is 4.89. The molecule has 0 aromatic rings. The zero-order chi connectivity index (χ0) is 22.5. The molecule has 0 aliphatic heterocycles. The molecule has 0 rings (SSSR count). The van der Waals surface area contributed by atoms with E-state index in [1.54, 1.807) is 6.08 Å². The van der Waals surface area contributed by atoms with Crippen molar-refractivity contribution in [2.45, 2.75) is 72.6 Å². The summed E-state index contributed by atoms with van der Waals surface area (Å²) < 4.78 is 30.1. The van der Waals surface area contributed by atoms with Crippen LogP contribution < -0.4 is 0 Å². The normalized spacial score (nSPS) is 15.1. The van der Waals surface area contributed by atoms with Crippen molar-refractivity contribution < 1.29 is 32.6 Å². The smallest absolute Gasteiger partial charge is 0.302 e. The van der Waals surface area contributed by atoms with Crippen molar-refractivity contribution in [1.82, 2.24) is 0 Å². The van der Waals surface area contributed by atoms with Crippen molar-refractivity contribution in [3.8, 4) is 0 Å². The fourth-order valence-electron chi connectivity index (χ4n) is 2.49. The lowest BCUT2D eigenvalue weighted by Gasteiger charge is -2.11. The number of hydrogen-bond acceptors (Lipinski definition) is 4. The fourth-order valence-corrected chi connectivity index (χ4v) is 4.02. The molecule has 3 N–H and O–H groups in total. The molecule has 0 fully saturated rings. The van der Waals surface area contributed by atoms with Gasteiger partial charge in [-0.05, 0) is 72.6 Å². The standard InChI is InChI=1S/C20H36O7P2/c1-17(2)9-6-10-18(3)11-7-12-19(4)13-8-14-20(5)15-16-26-29(24,25)27-28(21,22)23/h9,13,15H,3,6-8,10-12,14,16H2,1-2,4-5H3,(H,24,25)(H2,21,22,23)/b19-13+,20-15+. The second kappa shape index (κ2) is 14.3. The van der Waals surface area contributed by atoms with Gasteiger partial charge in [0.05, 0.1) is 6.61 Å². The molecule has 1 atom stereocenters. The average Bonchev–Trinajstić information content (AvgIpc) is 2.51. The molecule has 7 nitrogen and oxygen atoms in total. The Labute approximate surface area is 175 Å². The van der Waals surface area contributed by atoms with Gasteiger partial charge in [0.25, 0.3) is 0 Å². The van der Waals surface area contributed by atoms with Crippen LogP contribution in [0.25, 0.3) is 0 Å². The third-order valence-corrected chi connectivity index (χ3v) is 6.21. The van der Waals surface area contributed by atoms with E-state index in [-0.39, 0.29) is 6.61 Å². The maximum Gasteiger partial charge on any atom is 0.481 e. The zero-order valence-electron chi connectivity index (χ0n) is 18.0. The van der Waals surface area contributed by atoms with E-state index in [0.29, 0.717) is 0 Å². The summed E-state index contributed by atoms with van der Waals surface area (Å²) >= 11 is 0. The van der Waals surface area contributed by atoms with Gasteiger partial charge in [0.15, 0.2) is 0 Å². The first-order valence-corrected chi connectivity index (χ1v) is 12.7. The van der Waals surface area contributed by atoms with E-state index in [4.69, 9.17) is 9.79 Å². The Bertz CT molecular complexity index is 698. The molecule has 1 unspecified atom stereocenters. The monoisotopic (exact) mass is 450 g/mol. The highest BCUT2D eigenvalue weighted by Gasteiger charge is 2.31. The minimum absolute atomic E-state index is 0.267. The second-order valence-electron chi connectivity index (χ2n) is 7.40. The molecule has 0 saturated heterocycles. The van der Waals surface area contributed by atoms with E-state index in [1.165, 1.54) is 16.7 Å². The van der Waals surface area contributed by atoms with Crippen molar-refractivity contribution >= 4 is 15.6 Å². The van der Waals surface area contributed by atoms with Crippen molar-refractivity contribution in [3.05, 3.63) is 47.1 Å². The predicted molar refractivity (Wildman–Crippen MR) is 117 cm³/mol. The van der Waals surface area contributed by atoms with E-state index in [0.717, 1.165) is 50.5 Å². The lowest BCUT2D eigenvalue weighted by atomic mass is 10.0. The molecule has 0 radical (unpaired) electrons.